The van der Waals surface area contributed by atoms with E-state index in [4.69, 9.17) is 5.73 Å². The molecule has 118 valence electrons. The minimum Gasteiger partial charge on any atom is -0.397 e. The van der Waals surface area contributed by atoms with Gasteiger partial charge >= 0.3 is 0 Å². The highest BCUT2D eigenvalue weighted by Gasteiger charge is 2.19. The van der Waals surface area contributed by atoms with Gasteiger partial charge in [-0.25, -0.2) is 13.1 Å². The van der Waals surface area contributed by atoms with Crippen molar-refractivity contribution in [2.24, 2.45) is 0 Å². The Morgan fingerprint density at radius 1 is 1.38 bits per heavy atom. The first kappa shape index (κ1) is 16.1. The molecule has 1 heterocycles. The number of nitrogens with zero attached hydrogens (tertiary/aromatic N) is 1. The van der Waals surface area contributed by atoms with Crippen LogP contribution in [0, 0.1) is 0 Å². The number of piperidine rings is 1. The van der Waals surface area contributed by atoms with E-state index in [-0.39, 0.29) is 4.90 Å². The molecule has 2 rings (SSSR count). The highest BCUT2D eigenvalue weighted by molar-refractivity contribution is 7.89. The molecule has 0 bridgehead atoms. The molecule has 7 heteroatoms. The summed E-state index contributed by atoms with van der Waals surface area (Å²) in [4.78, 5) is 2.54. The summed E-state index contributed by atoms with van der Waals surface area (Å²) >= 11 is 0. The molecular formula is C14H24N4O2S. The second-order valence-electron chi connectivity index (χ2n) is 5.47. The Kier molecular flexibility index (Phi) is 5.08. The number of nitrogens with one attached hydrogen (secondary N) is 2. The fraction of sp³-hybridized carbons (Fsp3) is 0.571. The van der Waals surface area contributed by atoms with E-state index in [2.05, 4.69) is 22.0 Å². The van der Waals surface area contributed by atoms with Gasteiger partial charge in [-0.15, -0.1) is 0 Å². The van der Waals surface area contributed by atoms with Gasteiger partial charge in [0.15, 0.2) is 0 Å². The van der Waals surface area contributed by atoms with Crippen molar-refractivity contribution in [2.45, 2.75) is 30.2 Å². The van der Waals surface area contributed by atoms with Gasteiger partial charge in [-0.2, -0.15) is 0 Å². The molecule has 1 unspecified atom stereocenters. The van der Waals surface area contributed by atoms with Crippen LogP contribution in [0.25, 0.3) is 0 Å². The third kappa shape index (κ3) is 3.87. The van der Waals surface area contributed by atoms with Gasteiger partial charge in [0.25, 0.3) is 0 Å². The minimum atomic E-state index is -3.45. The normalized spacial score (nSPS) is 20.4. The van der Waals surface area contributed by atoms with Gasteiger partial charge in [0.2, 0.25) is 10.0 Å². The lowest BCUT2D eigenvalue weighted by molar-refractivity contribution is 0.194. The smallest absolute Gasteiger partial charge is 0.240 e. The first-order valence-corrected chi connectivity index (χ1v) is 8.69. The van der Waals surface area contributed by atoms with E-state index in [9.17, 15) is 8.42 Å². The molecule has 0 radical (unpaired) electrons. The van der Waals surface area contributed by atoms with E-state index >= 15 is 0 Å². The van der Waals surface area contributed by atoms with E-state index in [1.165, 1.54) is 32.4 Å². The molecule has 0 aromatic heterocycles. The summed E-state index contributed by atoms with van der Waals surface area (Å²) in [7, 11) is 0.0742. The fourth-order valence-electron chi connectivity index (χ4n) is 2.62. The van der Waals surface area contributed by atoms with E-state index in [0.29, 0.717) is 11.7 Å². The van der Waals surface area contributed by atoms with Crippen LogP contribution < -0.4 is 15.8 Å². The van der Waals surface area contributed by atoms with Crippen LogP contribution in [-0.4, -0.2) is 46.5 Å². The quantitative estimate of drug-likeness (QED) is 0.708. The maximum Gasteiger partial charge on any atom is 0.240 e. The molecule has 21 heavy (non-hydrogen) atoms. The number of hydrogen-bond acceptors (Lipinski definition) is 5. The number of likely N-dealkylation sites (tertiary alicyclic amines) is 1. The molecule has 1 saturated heterocycles. The van der Waals surface area contributed by atoms with Crippen LogP contribution in [0.15, 0.2) is 23.1 Å². The monoisotopic (exact) mass is 312 g/mol. The molecule has 1 aliphatic heterocycles. The zero-order valence-electron chi connectivity index (χ0n) is 12.6. The summed E-state index contributed by atoms with van der Waals surface area (Å²) in [5, 5.41) is 3.33. The second-order valence-corrected chi connectivity index (χ2v) is 7.35. The Bertz CT molecular complexity index is 589. The molecule has 1 aromatic rings. The van der Waals surface area contributed by atoms with Crippen molar-refractivity contribution in [3.05, 3.63) is 18.2 Å². The van der Waals surface area contributed by atoms with Crippen LogP contribution in [0.4, 0.5) is 11.4 Å². The van der Waals surface area contributed by atoms with Crippen LogP contribution in [0.1, 0.15) is 19.3 Å². The van der Waals surface area contributed by atoms with E-state index in [0.717, 1.165) is 18.8 Å². The summed E-state index contributed by atoms with van der Waals surface area (Å²) < 4.78 is 25.7. The van der Waals surface area contributed by atoms with Gasteiger partial charge in [-0.3, -0.25) is 0 Å². The van der Waals surface area contributed by atoms with Crippen molar-refractivity contribution < 1.29 is 8.42 Å². The van der Waals surface area contributed by atoms with Gasteiger partial charge in [-0.05, 0) is 51.7 Å². The summed E-state index contributed by atoms with van der Waals surface area (Å²) in [6, 6.07) is 5.27. The number of nitrogens with two attached hydrogens (primary N) is 1. The SMILES string of the molecule is CNS(=O)(=O)c1ccc(NCC2CCCCN2C)c(N)c1. The van der Waals surface area contributed by atoms with E-state index in [1.807, 2.05) is 0 Å². The number of nitrogen functional groups attached to an aromatic ring is 1. The van der Waals surface area contributed by atoms with Crippen LogP contribution in [0.5, 0.6) is 0 Å². The average Bonchev–Trinajstić information content (AvgIpc) is 2.47. The van der Waals surface area contributed by atoms with Crippen LogP contribution in [-0.2, 0) is 10.0 Å². The number of rotatable bonds is 5. The van der Waals surface area contributed by atoms with Gasteiger partial charge in [0, 0.05) is 12.6 Å². The first-order valence-electron chi connectivity index (χ1n) is 7.21. The summed E-state index contributed by atoms with van der Waals surface area (Å²) in [5.41, 5.74) is 7.19. The predicted octanol–water partition coefficient (Wildman–Crippen LogP) is 1.07. The number of benzene rings is 1. The van der Waals surface area contributed by atoms with Gasteiger partial charge in [-0.1, -0.05) is 6.42 Å². The van der Waals surface area contributed by atoms with Crippen molar-refractivity contribution in [3.63, 3.8) is 0 Å². The average molecular weight is 312 g/mol. The van der Waals surface area contributed by atoms with E-state index < -0.39 is 10.0 Å². The van der Waals surface area contributed by atoms with Crippen LogP contribution in [0.2, 0.25) is 0 Å². The number of sulfonamides is 1. The largest absolute Gasteiger partial charge is 0.397 e. The van der Waals surface area contributed by atoms with Crippen molar-refractivity contribution in [1.29, 1.82) is 0 Å². The second kappa shape index (κ2) is 6.64. The first-order chi connectivity index (χ1) is 9.94. The number of likely N-dealkylation sites (N-methyl/N-ethyl adjacent to an activating group) is 1. The Morgan fingerprint density at radius 2 is 2.14 bits per heavy atom. The molecule has 0 saturated carbocycles. The molecule has 1 atom stereocenters. The minimum absolute atomic E-state index is 0.183. The van der Waals surface area contributed by atoms with Crippen LogP contribution >= 0.6 is 0 Å². The maximum absolute atomic E-state index is 11.7. The van der Waals surface area contributed by atoms with Gasteiger partial charge < -0.3 is 16.0 Å². The lowest BCUT2D eigenvalue weighted by Gasteiger charge is -2.32. The molecule has 4 N–H and O–H groups in total. The lowest BCUT2D eigenvalue weighted by atomic mass is 10.0. The maximum atomic E-state index is 11.7. The molecule has 1 aliphatic rings. The summed E-state index contributed by atoms with van der Waals surface area (Å²) in [6.07, 6.45) is 3.69. The van der Waals surface area contributed by atoms with Gasteiger partial charge in [0.05, 0.1) is 16.3 Å². The number of hydrogen-bond donors (Lipinski definition) is 3. The third-order valence-corrected chi connectivity index (χ3v) is 5.46. The highest BCUT2D eigenvalue weighted by Crippen LogP contribution is 2.23. The summed E-state index contributed by atoms with van der Waals surface area (Å²) in [6.45, 7) is 1.94. The van der Waals surface area contributed by atoms with Crippen molar-refractivity contribution in [3.8, 4) is 0 Å². The highest BCUT2D eigenvalue weighted by atomic mass is 32.2. The van der Waals surface area contributed by atoms with Crippen LogP contribution in [0.3, 0.4) is 0 Å². The Morgan fingerprint density at radius 3 is 2.76 bits per heavy atom. The topological polar surface area (TPSA) is 87.5 Å². The Hall–Kier alpha value is -1.31. The molecule has 1 aromatic carbocycles. The fourth-order valence-corrected chi connectivity index (χ4v) is 3.38. The Balaban J connectivity index is 2.04. The third-order valence-electron chi connectivity index (χ3n) is 4.05. The molecule has 1 fully saturated rings. The molecular weight excluding hydrogens is 288 g/mol. The zero-order valence-corrected chi connectivity index (χ0v) is 13.4. The standard InChI is InChI=1S/C14H24N4O2S/c1-16-21(19,20)12-6-7-14(13(15)9-12)17-10-11-5-3-4-8-18(11)2/h6-7,9,11,16-17H,3-5,8,10,15H2,1-2H3. The Labute approximate surface area is 126 Å². The van der Waals surface area contributed by atoms with Gasteiger partial charge in [0.1, 0.15) is 0 Å². The van der Waals surface area contributed by atoms with Crippen molar-refractivity contribution >= 4 is 21.4 Å². The molecule has 6 nitrogen and oxygen atoms in total. The van der Waals surface area contributed by atoms with Crippen molar-refractivity contribution in [2.75, 3.05) is 38.2 Å². The lowest BCUT2D eigenvalue weighted by Crippen LogP contribution is -2.40. The summed E-state index contributed by atoms with van der Waals surface area (Å²) in [5.74, 6) is 0. The van der Waals surface area contributed by atoms with Crippen molar-refractivity contribution in [1.82, 2.24) is 9.62 Å². The van der Waals surface area contributed by atoms with E-state index in [1.54, 1.807) is 12.1 Å². The number of anilines is 2. The molecule has 0 spiro atoms. The molecule has 0 aliphatic carbocycles. The zero-order chi connectivity index (χ0) is 15.5. The molecule has 0 amide bonds. The predicted molar refractivity (Wildman–Crippen MR) is 85.9 cm³/mol.